The number of nitrogens with zero attached hydrogens (tertiary/aromatic N) is 2. The van der Waals surface area contributed by atoms with Crippen molar-refractivity contribution in [3.63, 3.8) is 0 Å². The van der Waals surface area contributed by atoms with Crippen molar-refractivity contribution < 1.29 is 23.0 Å². The van der Waals surface area contributed by atoms with Crippen molar-refractivity contribution in [2.24, 2.45) is 0 Å². The van der Waals surface area contributed by atoms with Crippen LogP contribution in [-0.4, -0.2) is 30.1 Å². The normalized spacial score (nSPS) is 10.3. The number of nitrogens with one attached hydrogen (secondary N) is 2. The number of halogens is 2. The monoisotopic (exact) mass is 386 g/mol. The molecule has 0 unspecified atom stereocenters. The Morgan fingerprint density at radius 3 is 2.36 bits per heavy atom. The van der Waals surface area contributed by atoms with E-state index < -0.39 is 23.2 Å². The molecule has 0 radical (unpaired) electrons. The van der Waals surface area contributed by atoms with E-state index in [9.17, 15) is 13.6 Å². The molecule has 0 aliphatic rings. The maximum Gasteiger partial charge on any atom is 0.276 e. The highest BCUT2D eigenvalue weighted by atomic mass is 19.1. The minimum Gasteiger partial charge on any atom is -0.497 e. The molecular formula is C19H16F2N4O3. The maximum atomic E-state index is 13.6. The number of para-hydroxylation sites is 1. The van der Waals surface area contributed by atoms with Crippen LogP contribution in [0.4, 0.5) is 26.0 Å². The lowest BCUT2D eigenvalue weighted by molar-refractivity contribution is 0.102. The third-order valence-corrected chi connectivity index (χ3v) is 3.76. The summed E-state index contributed by atoms with van der Waals surface area (Å²) in [5.41, 5.74) is -0.0646. The lowest BCUT2D eigenvalue weighted by Gasteiger charge is -2.12. The van der Waals surface area contributed by atoms with Crippen molar-refractivity contribution in [1.29, 1.82) is 0 Å². The number of aromatic nitrogens is 2. The zero-order chi connectivity index (χ0) is 20.1. The van der Waals surface area contributed by atoms with Gasteiger partial charge in [0, 0.05) is 6.07 Å². The lowest BCUT2D eigenvalue weighted by Crippen LogP contribution is -2.16. The Bertz CT molecular complexity index is 977. The van der Waals surface area contributed by atoms with E-state index >= 15 is 0 Å². The van der Waals surface area contributed by atoms with E-state index in [0.717, 1.165) is 12.1 Å². The SMILES string of the molecule is COc1ccc(OC)c(Nc2cnc(C(=O)Nc3c(F)cccc3F)cn2)c1. The zero-order valence-electron chi connectivity index (χ0n) is 15.0. The molecule has 0 saturated carbocycles. The summed E-state index contributed by atoms with van der Waals surface area (Å²) in [6.45, 7) is 0. The van der Waals surface area contributed by atoms with Crippen LogP contribution in [0.15, 0.2) is 48.8 Å². The fourth-order valence-corrected chi connectivity index (χ4v) is 2.35. The van der Waals surface area contributed by atoms with Crippen molar-refractivity contribution in [2.45, 2.75) is 0 Å². The first kappa shape index (κ1) is 19.0. The van der Waals surface area contributed by atoms with Crippen LogP contribution >= 0.6 is 0 Å². The topological polar surface area (TPSA) is 85.4 Å². The van der Waals surface area contributed by atoms with E-state index in [1.165, 1.54) is 32.7 Å². The molecule has 1 aromatic heterocycles. The van der Waals surface area contributed by atoms with Gasteiger partial charge in [-0.1, -0.05) is 6.07 Å². The molecule has 1 heterocycles. The summed E-state index contributed by atoms with van der Waals surface area (Å²) in [7, 11) is 3.06. The number of carbonyl (C=O) groups is 1. The minimum absolute atomic E-state index is 0.106. The first-order valence-corrected chi connectivity index (χ1v) is 8.08. The van der Waals surface area contributed by atoms with Crippen LogP contribution in [0.1, 0.15) is 10.5 Å². The van der Waals surface area contributed by atoms with E-state index in [1.54, 1.807) is 18.2 Å². The van der Waals surface area contributed by atoms with Crippen LogP contribution < -0.4 is 20.1 Å². The molecule has 9 heteroatoms. The molecule has 2 aromatic carbocycles. The third kappa shape index (κ3) is 4.14. The summed E-state index contributed by atoms with van der Waals surface area (Å²) >= 11 is 0. The Hall–Kier alpha value is -3.75. The van der Waals surface area contributed by atoms with Crippen molar-refractivity contribution in [3.8, 4) is 11.5 Å². The molecule has 0 atom stereocenters. The van der Waals surface area contributed by atoms with Crippen molar-refractivity contribution in [1.82, 2.24) is 9.97 Å². The van der Waals surface area contributed by atoms with E-state index in [-0.39, 0.29) is 5.69 Å². The first-order chi connectivity index (χ1) is 13.5. The molecule has 2 N–H and O–H groups in total. The molecule has 0 fully saturated rings. The molecule has 7 nitrogen and oxygen atoms in total. The molecule has 144 valence electrons. The zero-order valence-corrected chi connectivity index (χ0v) is 15.0. The fourth-order valence-electron chi connectivity index (χ4n) is 2.35. The minimum atomic E-state index is -0.885. The molecule has 0 spiro atoms. The molecule has 0 aliphatic carbocycles. The second-order valence-electron chi connectivity index (χ2n) is 5.53. The van der Waals surface area contributed by atoms with Crippen LogP contribution in [0.25, 0.3) is 0 Å². The van der Waals surface area contributed by atoms with Crippen molar-refractivity contribution in [2.75, 3.05) is 24.9 Å². The summed E-state index contributed by atoms with van der Waals surface area (Å²) in [5, 5.41) is 5.15. The van der Waals surface area contributed by atoms with Crippen LogP contribution in [0.2, 0.25) is 0 Å². The number of hydrogen-bond donors (Lipinski definition) is 2. The highest BCUT2D eigenvalue weighted by Gasteiger charge is 2.15. The number of hydrogen-bond acceptors (Lipinski definition) is 6. The largest absolute Gasteiger partial charge is 0.497 e. The van der Waals surface area contributed by atoms with E-state index in [2.05, 4.69) is 20.6 Å². The van der Waals surface area contributed by atoms with E-state index in [0.29, 0.717) is 23.0 Å². The Morgan fingerprint density at radius 2 is 1.75 bits per heavy atom. The molecule has 3 aromatic rings. The average molecular weight is 386 g/mol. The first-order valence-electron chi connectivity index (χ1n) is 8.08. The van der Waals surface area contributed by atoms with Gasteiger partial charge in [-0.25, -0.2) is 18.7 Å². The molecule has 1 amide bonds. The van der Waals surface area contributed by atoms with E-state index in [4.69, 9.17) is 9.47 Å². The van der Waals surface area contributed by atoms with Gasteiger partial charge in [-0.3, -0.25) is 4.79 Å². The summed E-state index contributed by atoms with van der Waals surface area (Å²) in [5.74, 6) is -1.06. The maximum absolute atomic E-state index is 13.6. The number of amides is 1. The van der Waals surface area contributed by atoms with Gasteiger partial charge in [-0.15, -0.1) is 0 Å². The number of ether oxygens (including phenoxy) is 2. The Morgan fingerprint density at radius 1 is 1.00 bits per heavy atom. The van der Waals surface area contributed by atoms with Crippen LogP contribution in [0.5, 0.6) is 11.5 Å². The summed E-state index contributed by atoms with van der Waals surface area (Å²) < 4.78 is 37.7. The summed E-state index contributed by atoms with van der Waals surface area (Å²) in [6.07, 6.45) is 2.49. The Kier molecular flexibility index (Phi) is 5.64. The number of anilines is 3. The van der Waals surface area contributed by atoms with Crippen molar-refractivity contribution >= 4 is 23.1 Å². The molecule has 3 rings (SSSR count). The Labute approximate surface area is 159 Å². The number of carbonyl (C=O) groups excluding carboxylic acids is 1. The second-order valence-corrected chi connectivity index (χ2v) is 5.53. The van der Waals surface area contributed by atoms with Gasteiger partial charge in [-0.05, 0) is 24.3 Å². The van der Waals surface area contributed by atoms with Crippen LogP contribution in [0, 0.1) is 11.6 Å². The highest BCUT2D eigenvalue weighted by molar-refractivity contribution is 6.02. The standard InChI is InChI=1S/C19H16F2N4O3/c1-27-11-6-7-16(28-2)14(8-11)24-17-10-22-15(9-23-17)19(26)25-18-12(20)4-3-5-13(18)21/h3-10H,1-2H3,(H,23,24)(H,25,26). The van der Waals surface area contributed by atoms with Gasteiger partial charge in [0.25, 0.3) is 5.91 Å². The van der Waals surface area contributed by atoms with Crippen LogP contribution in [0.3, 0.4) is 0 Å². The van der Waals surface area contributed by atoms with Crippen LogP contribution in [-0.2, 0) is 0 Å². The van der Waals surface area contributed by atoms with Gasteiger partial charge in [0.1, 0.15) is 40.3 Å². The molecular weight excluding hydrogens is 370 g/mol. The Balaban J connectivity index is 1.76. The second kappa shape index (κ2) is 8.30. The number of rotatable bonds is 6. The number of benzene rings is 2. The average Bonchev–Trinajstić information content (AvgIpc) is 2.71. The molecule has 28 heavy (non-hydrogen) atoms. The van der Waals surface area contributed by atoms with Gasteiger partial charge in [-0.2, -0.15) is 0 Å². The fraction of sp³-hybridized carbons (Fsp3) is 0.105. The summed E-state index contributed by atoms with van der Waals surface area (Å²) in [6, 6.07) is 8.46. The third-order valence-electron chi connectivity index (χ3n) is 3.76. The molecule has 0 aliphatic heterocycles. The van der Waals surface area contributed by atoms with Gasteiger partial charge in [0.2, 0.25) is 0 Å². The molecule has 0 bridgehead atoms. The van der Waals surface area contributed by atoms with E-state index in [1.807, 2.05) is 0 Å². The predicted molar refractivity (Wildman–Crippen MR) is 99.2 cm³/mol. The van der Waals surface area contributed by atoms with Gasteiger partial charge in [0.05, 0.1) is 32.3 Å². The highest BCUT2D eigenvalue weighted by Crippen LogP contribution is 2.30. The quantitative estimate of drug-likeness (QED) is 0.671. The predicted octanol–water partition coefficient (Wildman–Crippen LogP) is 3.77. The van der Waals surface area contributed by atoms with Gasteiger partial charge < -0.3 is 20.1 Å². The smallest absolute Gasteiger partial charge is 0.276 e. The van der Waals surface area contributed by atoms with Gasteiger partial charge in [0.15, 0.2) is 0 Å². The van der Waals surface area contributed by atoms with Crippen molar-refractivity contribution in [3.05, 3.63) is 66.1 Å². The molecule has 0 saturated heterocycles. The lowest BCUT2D eigenvalue weighted by atomic mass is 10.2. The van der Waals surface area contributed by atoms with Gasteiger partial charge >= 0.3 is 0 Å². The summed E-state index contributed by atoms with van der Waals surface area (Å²) in [4.78, 5) is 20.2. The number of methoxy groups -OCH3 is 2.